The summed E-state index contributed by atoms with van der Waals surface area (Å²) in [5.41, 5.74) is 1.93. The van der Waals surface area contributed by atoms with Crippen LogP contribution in [0.25, 0.3) is 0 Å². The molecule has 2 amide bonds. The highest BCUT2D eigenvalue weighted by molar-refractivity contribution is 5.94. The Morgan fingerprint density at radius 2 is 2.04 bits per heavy atom. The molecule has 1 saturated carbocycles. The van der Waals surface area contributed by atoms with Crippen LogP contribution in [0.5, 0.6) is 5.75 Å². The highest BCUT2D eigenvalue weighted by atomic mass is 19.1. The molecule has 2 aromatic carbocycles. The molecule has 5 nitrogen and oxygen atoms in total. The summed E-state index contributed by atoms with van der Waals surface area (Å²) in [5.74, 6) is 0.208. The molecule has 0 unspecified atom stereocenters. The van der Waals surface area contributed by atoms with Crippen molar-refractivity contribution in [3.05, 3.63) is 59.4 Å². The van der Waals surface area contributed by atoms with E-state index in [2.05, 4.69) is 5.32 Å². The number of halogens is 1. The Labute approximate surface area is 157 Å². The first-order chi connectivity index (χ1) is 13.0. The first-order valence-corrected chi connectivity index (χ1v) is 9.14. The van der Waals surface area contributed by atoms with Gasteiger partial charge in [-0.3, -0.25) is 9.59 Å². The van der Waals surface area contributed by atoms with Crippen molar-refractivity contribution >= 4 is 17.5 Å². The van der Waals surface area contributed by atoms with Gasteiger partial charge in [0.25, 0.3) is 5.91 Å². The number of amides is 2. The van der Waals surface area contributed by atoms with Crippen LogP contribution in [0.15, 0.2) is 42.5 Å². The van der Waals surface area contributed by atoms with Crippen molar-refractivity contribution in [2.75, 3.05) is 5.32 Å². The minimum absolute atomic E-state index is 0.0251. The number of hydrogen-bond acceptors (Lipinski definition) is 3. The molecule has 1 atom stereocenters. The Balaban J connectivity index is 1.59. The Morgan fingerprint density at radius 1 is 1.26 bits per heavy atom. The lowest BCUT2D eigenvalue weighted by molar-refractivity contribution is -0.138. The minimum atomic E-state index is -0.662. The lowest BCUT2D eigenvalue weighted by atomic mass is 10.1. The first-order valence-electron chi connectivity index (χ1n) is 9.14. The summed E-state index contributed by atoms with van der Waals surface area (Å²) >= 11 is 0. The van der Waals surface area contributed by atoms with E-state index in [1.54, 1.807) is 42.2 Å². The second kappa shape index (κ2) is 7.02. The maximum absolute atomic E-state index is 14.0. The van der Waals surface area contributed by atoms with Gasteiger partial charge in [0.1, 0.15) is 11.6 Å². The zero-order chi connectivity index (χ0) is 19.0. The molecule has 1 aliphatic carbocycles. The molecule has 0 aromatic heterocycles. The number of carbonyl (C=O) groups excluding carboxylic acids is 2. The number of rotatable bonds is 4. The van der Waals surface area contributed by atoms with Crippen LogP contribution in [0.1, 0.15) is 30.9 Å². The normalized spacial score (nSPS) is 19.1. The number of anilines is 1. The summed E-state index contributed by atoms with van der Waals surface area (Å²) in [5, 5.41) is 2.91. The standard InChI is InChI=1S/C21H21FN2O3/c1-13-21(26)24(11-15-4-2-3-5-18(15)22)12-16-10-17(8-9-19(16)27-13)23-20(25)14-6-7-14/h2-5,8-10,13-14H,6-7,11-12H2,1H3,(H,23,25)/t13-/m0/s1. The van der Waals surface area contributed by atoms with Gasteiger partial charge in [0.2, 0.25) is 5.91 Å². The van der Waals surface area contributed by atoms with E-state index in [9.17, 15) is 14.0 Å². The largest absolute Gasteiger partial charge is 0.481 e. The Hall–Kier alpha value is -2.89. The van der Waals surface area contributed by atoms with Gasteiger partial charge in [-0.25, -0.2) is 4.39 Å². The van der Waals surface area contributed by atoms with Gasteiger partial charge in [-0.1, -0.05) is 18.2 Å². The summed E-state index contributed by atoms with van der Waals surface area (Å²) in [4.78, 5) is 26.3. The average Bonchev–Trinajstić information content (AvgIpc) is 3.49. The molecule has 1 heterocycles. The molecule has 2 aromatic rings. The molecule has 4 rings (SSSR count). The van der Waals surface area contributed by atoms with Crippen molar-refractivity contribution in [1.82, 2.24) is 4.90 Å². The van der Waals surface area contributed by atoms with Crippen molar-refractivity contribution in [3.8, 4) is 5.75 Å². The molecule has 2 aliphatic rings. The van der Waals surface area contributed by atoms with Gasteiger partial charge in [0.15, 0.2) is 6.10 Å². The van der Waals surface area contributed by atoms with Gasteiger partial charge in [-0.05, 0) is 44.0 Å². The Morgan fingerprint density at radius 3 is 2.78 bits per heavy atom. The number of fused-ring (bicyclic) bond motifs is 1. The fourth-order valence-electron chi connectivity index (χ4n) is 3.23. The number of ether oxygens (including phenoxy) is 1. The van der Waals surface area contributed by atoms with E-state index in [4.69, 9.17) is 4.74 Å². The second-order valence-corrected chi connectivity index (χ2v) is 7.13. The van der Waals surface area contributed by atoms with E-state index in [-0.39, 0.29) is 30.1 Å². The summed E-state index contributed by atoms with van der Waals surface area (Å²) in [6, 6.07) is 11.8. The third-order valence-corrected chi connectivity index (χ3v) is 4.92. The molecule has 0 spiro atoms. The van der Waals surface area contributed by atoms with Gasteiger partial charge in [-0.15, -0.1) is 0 Å². The Kier molecular flexibility index (Phi) is 4.56. The fraction of sp³-hybridized carbons (Fsp3) is 0.333. The maximum Gasteiger partial charge on any atom is 0.263 e. The minimum Gasteiger partial charge on any atom is -0.481 e. The molecule has 0 saturated heterocycles. The van der Waals surface area contributed by atoms with E-state index in [0.717, 1.165) is 18.4 Å². The molecular formula is C21H21FN2O3. The van der Waals surface area contributed by atoms with Gasteiger partial charge < -0.3 is 15.0 Å². The number of carbonyl (C=O) groups is 2. The third-order valence-electron chi connectivity index (χ3n) is 4.92. The van der Waals surface area contributed by atoms with Crippen LogP contribution >= 0.6 is 0 Å². The number of nitrogens with one attached hydrogen (secondary N) is 1. The molecule has 0 radical (unpaired) electrons. The summed E-state index contributed by atoms with van der Waals surface area (Å²) in [6.45, 7) is 2.14. The van der Waals surface area contributed by atoms with Crippen molar-refractivity contribution in [1.29, 1.82) is 0 Å². The molecule has 0 bridgehead atoms. The van der Waals surface area contributed by atoms with Crippen molar-refractivity contribution in [2.45, 2.75) is 39.0 Å². The monoisotopic (exact) mass is 368 g/mol. The van der Waals surface area contributed by atoms with E-state index in [0.29, 0.717) is 23.5 Å². The smallest absolute Gasteiger partial charge is 0.263 e. The number of nitrogens with zero attached hydrogens (tertiary/aromatic N) is 1. The average molecular weight is 368 g/mol. The molecule has 1 fully saturated rings. The molecule has 6 heteroatoms. The van der Waals surface area contributed by atoms with Gasteiger partial charge in [-0.2, -0.15) is 0 Å². The zero-order valence-corrected chi connectivity index (χ0v) is 15.1. The zero-order valence-electron chi connectivity index (χ0n) is 15.1. The highest BCUT2D eigenvalue weighted by Crippen LogP contribution is 2.32. The fourth-order valence-corrected chi connectivity index (χ4v) is 3.23. The predicted octanol–water partition coefficient (Wildman–Crippen LogP) is 3.48. The van der Waals surface area contributed by atoms with Gasteiger partial charge in [0, 0.05) is 35.8 Å². The van der Waals surface area contributed by atoms with Crippen LogP contribution in [-0.2, 0) is 22.7 Å². The van der Waals surface area contributed by atoms with Crippen LogP contribution in [0, 0.1) is 11.7 Å². The van der Waals surface area contributed by atoms with Crippen LogP contribution < -0.4 is 10.1 Å². The molecular weight excluding hydrogens is 347 g/mol. The summed E-state index contributed by atoms with van der Waals surface area (Å²) in [7, 11) is 0. The highest BCUT2D eigenvalue weighted by Gasteiger charge is 2.31. The summed E-state index contributed by atoms with van der Waals surface area (Å²) in [6.07, 6.45) is 1.20. The molecule has 1 aliphatic heterocycles. The molecule has 140 valence electrons. The van der Waals surface area contributed by atoms with Crippen LogP contribution in [0.3, 0.4) is 0 Å². The summed E-state index contributed by atoms with van der Waals surface area (Å²) < 4.78 is 19.8. The third kappa shape index (κ3) is 3.79. The van der Waals surface area contributed by atoms with Crippen molar-refractivity contribution in [2.24, 2.45) is 5.92 Å². The number of hydrogen-bond donors (Lipinski definition) is 1. The van der Waals surface area contributed by atoms with Crippen molar-refractivity contribution < 1.29 is 18.7 Å². The van der Waals surface area contributed by atoms with E-state index < -0.39 is 6.10 Å². The van der Waals surface area contributed by atoms with Crippen LogP contribution in [0.2, 0.25) is 0 Å². The van der Waals surface area contributed by atoms with E-state index in [1.807, 2.05) is 6.07 Å². The van der Waals surface area contributed by atoms with E-state index >= 15 is 0 Å². The van der Waals surface area contributed by atoms with E-state index in [1.165, 1.54) is 6.07 Å². The lowest BCUT2D eigenvalue weighted by Crippen LogP contribution is -2.37. The topological polar surface area (TPSA) is 58.6 Å². The maximum atomic E-state index is 14.0. The van der Waals surface area contributed by atoms with Crippen LogP contribution in [-0.4, -0.2) is 22.8 Å². The van der Waals surface area contributed by atoms with Crippen molar-refractivity contribution in [3.63, 3.8) is 0 Å². The lowest BCUT2D eigenvalue weighted by Gasteiger charge is -2.22. The first kappa shape index (κ1) is 17.5. The van der Waals surface area contributed by atoms with Gasteiger partial charge >= 0.3 is 0 Å². The predicted molar refractivity (Wildman–Crippen MR) is 98.5 cm³/mol. The number of benzene rings is 2. The second-order valence-electron chi connectivity index (χ2n) is 7.13. The van der Waals surface area contributed by atoms with Crippen LogP contribution in [0.4, 0.5) is 10.1 Å². The van der Waals surface area contributed by atoms with Gasteiger partial charge in [0.05, 0.1) is 0 Å². The Bertz CT molecular complexity index is 895. The SMILES string of the molecule is C[C@@H]1Oc2ccc(NC(=O)C3CC3)cc2CN(Cc2ccccc2F)C1=O. The quantitative estimate of drug-likeness (QED) is 0.899. The molecule has 1 N–H and O–H groups in total. The molecule has 27 heavy (non-hydrogen) atoms.